The van der Waals surface area contributed by atoms with Crippen LogP contribution in [0.3, 0.4) is 0 Å². The normalized spacial score (nSPS) is 23.6. The highest BCUT2D eigenvalue weighted by atomic mass is 35.5. The second-order valence-electron chi connectivity index (χ2n) is 10.8. The number of alkyl halides is 1. The molecule has 12 heteroatoms. The van der Waals surface area contributed by atoms with Crippen molar-refractivity contribution >= 4 is 28.6 Å². The van der Waals surface area contributed by atoms with Gasteiger partial charge in [-0.25, -0.2) is 19.2 Å². The first-order valence-corrected chi connectivity index (χ1v) is 13.7. The highest BCUT2D eigenvalue weighted by Crippen LogP contribution is 2.38. The van der Waals surface area contributed by atoms with E-state index in [9.17, 15) is 9.18 Å². The Kier molecular flexibility index (Phi) is 7.11. The number of halogens is 2. The van der Waals surface area contributed by atoms with E-state index in [0.29, 0.717) is 52.3 Å². The Bertz CT molecular complexity index is 1530. The van der Waals surface area contributed by atoms with Gasteiger partial charge in [0, 0.05) is 38.2 Å². The molecule has 0 bridgehead atoms. The maximum absolute atomic E-state index is 14.3. The minimum absolute atomic E-state index is 0.0833. The van der Waals surface area contributed by atoms with Crippen LogP contribution in [0.15, 0.2) is 33.8 Å². The van der Waals surface area contributed by atoms with Crippen molar-refractivity contribution in [3.63, 3.8) is 0 Å². The lowest BCUT2D eigenvalue weighted by Gasteiger charge is -2.29. The largest absolute Gasteiger partial charge is 0.439 e. The number of hydrogen-bond donors (Lipinski definition) is 1. The highest BCUT2D eigenvalue weighted by Gasteiger charge is 2.36. The fourth-order valence-corrected chi connectivity index (χ4v) is 6.12. The Morgan fingerprint density at radius 2 is 2.03 bits per heavy atom. The molecule has 1 aliphatic carbocycles. The molecular weight excluding hydrogens is 525 g/mol. The van der Waals surface area contributed by atoms with Crippen molar-refractivity contribution < 1.29 is 13.7 Å². The summed E-state index contributed by atoms with van der Waals surface area (Å²) in [6.07, 6.45) is 8.37. The Labute approximate surface area is 229 Å². The Morgan fingerprint density at radius 3 is 2.72 bits per heavy atom. The first-order chi connectivity index (χ1) is 18.9. The molecule has 2 fully saturated rings. The molecule has 1 aliphatic heterocycles. The number of nitrogens with zero attached hydrogens (tertiary/aromatic N) is 6. The molecule has 0 unspecified atom stereocenters. The highest BCUT2D eigenvalue weighted by molar-refractivity contribution is 6.30. The standard InChI is InChI=1S/C27H31ClFN7O3/c1-15-3-5-16(6-4-15)13-36-24-21(32-26(36)35-14-20(38-2)8-19(35)10-29)9-22(25-33-27(37)39-34-25)31-23(24)17-7-18(28)12-30-11-17/h7,9,11-12,15-16,19-20H,3-6,8,10,13-14H2,1-2H3,(H,33,34,37)/t15-,16-,19-,20+/m0/s1. The molecule has 0 aromatic carbocycles. The van der Waals surface area contributed by atoms with Crippen LogP contribution >= 0.6 is 11.6 Å². The number of aromatic amines is 1. The molecule has 6 rings (SSSR count). The summed E-state index contributed by atoms with van der Waals surface area (Å²) >= 11 is 6.34. The molecule has 2 aliphatic rings. The smallest absolute Gasteiger partial charge is 0.380 e. The molecule has 5 heterocycles. The lowest BCUT2D eigenvalue weighted by atomic mass is 9.83. The van der Waals surface area contributed by atoms with Crippen LogP contribution in [0, 0.1) is 11.8 Å². The molecule has 1 saturated heterocycles. The van der Waals surface area contributed by atoms with Crippen molar-refractivity contribution in [1.82, 2.24) is 29.7 Å². The van der Waals surface area contributed by atoms with Crippen LogP contribution in [0.5, 0.6) is 0 Å². The minimum Gasteiger partial charge on any atom is -0.380 e. The van der Waals surface area contributed by atoms with E-state index in [1.807, 2.05) is 4.90 Å². The molecule has 4 aromatic heterocycles. The lowest BCUT2D eigenvalue weighted by Crippen LogP contribution is -2.34. The van der Waals surface area contributed by atoms with Crippen molar-refractivity contribution in [3.8, 4) is 22.8 Å². The van der Waals surface area contributed by atoms with Gasteiger partial charge in [0.2, 0.25) is 11.8 Å². The van der Waals surface area contributed by atoms with E-state index in [0.717, 1.165) is 30.8 Å². The SMILES string of the molecule is CO[C@@H]1C[C@@H](CF)N(c2nc3cc(-c4noc(=O)[nH]4)nc(-c4cncc(Cl)c4)c3n2C[C@H]2CC[C@H](C)CC2)C1. The van der Waals surface area contributed by atoms with Crippen molar-refractivity contribution in [2.45, 2.75) is 57.7 Å². The number of nitrogens with one attached hydrogen (secondary N) is 1. The van der Waals surface area contributed by atoms with E-state index < -0.39 is 12.4 Å². The number of anilines is 1. The predicted octanol–water partition coefficient (Wildman–Crippen LogP) is 4.88. The van der Waals surface area contributed by atoms with Gasteiger partial charge in [0.05, 0.1) is 33.9 Å². The maximum Gasteiger partial charge on any atom is 0.439 e. The Hall–Kier alpha value is -3.31. The van der Waals surface area contributed by atoms with Gasteiger partial charge in [-0.2, -0.15) is 0 Å². The zero-order valence-corrected chi connectivity index (χ0v) is 22.7. The third kappa shape index (κ3) is 5.05. The fourth-order valence-electron chi connectivity index (χ4n) is 5.95. The van der Waals surface area contributed by atoms with Gasteiger partial charge in [0.25, 0.3) is 0 Å². The number of rotatable bonds is 7. The molecule has 0 amide bonds. The van der Waals surface area contributed by atoms with Gasteiger partial charge in [-0.1, -0.05) is 36.5 Å². The van der Waals surface area contributed by atoms with Crippen LogP contribution in [0.1, 0.15) is 39.0 Å². The molecule has 10 nitrogen and oxygen atoms in total. The van der Waals surface area contributed by atoms with Crippen molar-refractivity contribution in [3.05, 3.63) is 40.1 Å². The molecule has 1 saturated carbocycles. The van der Waals surface area contributed by atoms with Gasteiger partial charge in [0.1, 0.15) is 12.4 Å². The quantitative estimate of drug-likeness (QED) is 0.343. The summed E-state index contributed by atoms with van der Waals surface area (Å²) in [7, 11) is 1.66. The zero-order chi connectivity index (χ0) is 27.1. The molecule has 0 radical (unpaired) electrons. The number of hydrogen-bond acceptors (Lipinski definition) is 8. The van der Waals surface area contributed by atoms with E-state index >= 15 is 0 Å². The molecular formula is C27H31ClFN7O3. The minimum atomic E-state index is -0.677. The molecule has 1 N–H and O–H groups in total. The number of methoxy groups -OCH3 is 1. The maximum atomic E-state index is 14.3. The number of aromatic nitrogens is 6. The van der Waals surface area contributed by atoms with E-state index in [1.54, 1.807) is 31.6 Å². The first-order valence-electron chi connectivity index (χ1n) is 13.4. The molecule has 206 valence electrons. The van der Waals surface area contributed by atoms with Gasteiger partial charge in [-0.15, -0.1) is 0 Å². The monoisotopic (exact) mass is 555 g/mol. The van der Waals surface area contributed by atoms with E-state index in [1.165, 1.54) is 12.8 Å². The summed E-state index contributed by atoms with van der Waals surface area (Å²) in [5.41, 5.74) is 3.15. The number of fused-ring (bicyclic) bond motifs is 1. The van der Waals surface area contributed by atoms with Gasteiger partial charge in [0.15, 0.2) is 0 Å². The second kappa shape index (κ2) is 10.7. The number of pyridine rings is 2. The van der Waals surface area contributed by atoms with Gasteiger partial charge >= 0.3 is 5.76 Å². The van der Waals surface area contributed by atoms with Crippen molar-refractivity contribution in [1.29, 1.82) is 0 Å². The van der Waals surface area contributed by atoms with Crippen LogP contribution in [0.4, 0.5) is 10.3 Å². The lowest BCUT2D eigenvalue weighted by molar-refractivity contribution is 0.117. The fraction of sp³-hybridized carbons (Fsp3) is 0.519. The summed E-state index contributed by atoms with van der Waals surface area (Å²) < 4.78 is 26.8. The Balaban J connectivity index is 1.57. The van der Waals surface area contributed by atoms with E-state index in [-0.39, 0.29) is 18.0 Å². The number of imidazole rings is 1. The van der Waals surface area contributed by atoms with Crippen LogP contribution in [0.25, 0.3) is 33.8 Å². The number of ether oxygens (including phenoxy) is 1. The van der Waals surface area contributed by atoms with Crippen LogP contribution in [-0.2, 0) is 11.3 Å². The predicted molar refractivity (Wildman–Crippen MR) is 146 cm³/mol. The molecule has 39 heavy (non-hydrogen) atoms. The van der Waals surface area contributed by atoms with Gasteiger partial charge < -0.3 is 14.2 Å². The molecule has 2 atom stereocenters. The summed E-state index contributed by atoms with van der Waals surface area (Å²) in [5.74, 6) is 1.38. The number of H-pyrrole nitrogens is 1. The average Bonchev–Trinajstić information content (AvgIpc) is 3.66. The summed E-state index contributed by atoms with van der Waals surface area (Å²) in [4.78, 5) is 30.6. The molecule has 4 aromatic rings. The van der Waals surface area contributed by atoms with Gasteiger partial charge in [-0.3, -0.25) is 14.5 Å². The topological polar surface area (TPSA) is 115 Å². The average molecular weight is 556 g/mol. The Morgan fingerprint density at radius 1 is 1.21 bits per heavy atom. The van der Waals surface area contributed by atoms with Crippen molar-refractivity contribution in [2.24, 2.45) is 11.8 Å². The summed E-state index contributed by atoms with van der Waals surface area (Å²) in [5, 5.41) is 4.31. The van der Waals surface area contributed by atoms with E-state index in [4.69, 9.17) is 30.8 Å². The first kappa shape index (κ1) is 25.9. The zero-order valence-electron chi connectivity index (χ0n) is 21.9. The van der Waals surface area contributed by atoms with Crippen LogP contribution in [-0.4, -0.2) is 62.1 Å². The van der Waals surface area contributed by atoms with Crippen LogP contribution < -0.4 is 10.7 Å². The second-order valence-corrected chi connectivity index (χ2v) is 11.2. The van der Waals surface area contributed by atoms with E-state index in [2.05, 4.69) is 26.6 Å². The summed E-state index contributed by atoms with van der Waals surface area (Å²) in [6, 6.07) is 3.24. The third-order valence-electron chi connectivity index (χ3n) is 8.09. The molecule has 0 spiro atoms. The third-order valence-corrected chi connectivity index (χ3v) is 8.29. The van der Waals surface area contributed by atoms with Gasteiger partial charge in [-0.05, 0) is 43.2 Å². The van der Waals surface area contributed by atoms with Crippen molar-refractivity contribution in [2.75, 3.05) is 25.2 Å². The van der Waals surface area contributed by atoms with Crippen LogP contribution in [0.2, 0.25) is 5.02 Å². The summed E-state index contributed by atoms with van der Waals surface area (Å²) in [6.45, 7) is 3.08.